The summed E-state index contributed by atoms with van der Waals surface area (Å²) in [6.45, 7) is 3.44. The molecule has 1 aromatic carbocycles. The molecule has 2 aliphatic rings. The summed E-state index contributed by atoms with van der Waals surface area (Å²) in [6, 6.07) is 7.91. The number of rotatable bonds is 2. The van der Waals surface area contributed by atoms with Gasteiger partial charge in [-0.15, -0.1) is 0 Å². The number of amides is 1. The highest BCUT2D eigenvalue weighted by Gasteiger charge is 2.24. The molecule has 0 saturated carbocycles. The van der Waals surface area contributed by atoms with E-state index in [1.807, 2.05) is 38.2 Å². The molecule has 142 valence electrons. The summed E-state index contributed by atoms with van der Waals surface area (Å²) >= 11 is 0. The third-order valence-corrected chi connectivity index (χ3v) is 5.99. The summed E-state index contributed by atoms with van der Waals surface area (Å²) in [5.41, 5.74) is 3.67. The minimum Gasteiger partial charge on any atom is -0.488 e. The Labute approximate surface area is 163 Å². The molecule has 8 nitrogen and oxygen atoms in total. The van der Waals surface area contributed by atoms with Crippen LogP contribution in [0.2, 0.25) is 0 Å². The van der Waals surface area contributed by atoms with Crippen LogP contribution in [0.25, 0.3) is 27.1 Å². The third-order valence-electron chi connectivity index (χ3n) is 4.93. The molecule has 1 N–H and O–H groups in total. The minimum atomic E-state index is -1.60. The number of carbonyl (C=O) groups is 1. The summed E-state index contributed by atoms with van der Waals surface area (Å²) in [5.74, 6) is 1.25. The number of hydrogen-bond acceptors (Lipinski definition) is 6. The Bertz CT molecular complexity index is 1200. The number of ether oxygens (including phenoxy) is 1. The average molecular weight is 395 g/mol. The molecule has 1 atom stereocenters. The van der Waals surface area contributed by atoms with Crippen molar-refractivity contribution in [1.29, 1.82) is 0 Å². The Morgan fingerprint density at radius 3 is 2.93 bits per heavy atom. The quantitative estimate of drug-likeness (QED) is 0.712. The molecule has 0 aliphatic carbocycles. The van der Waals surface area contributed by atoms with Gasteiger partial charge >= 0.3 is 0 Å². The number of nitrogens with zero attached hydrogens (tertiary/aromatic N) is 4. The van der Waals surface area contributed by atoms with Crippen molar-refractivity contribution >= 4 is 38.6 Å². The predicted molar refractivity (Wildman–Crippen MR) is 107 cm³/mol. The van der Waals surface area contributed by atoms with Crippen LogP contribution < -0.4 is 14.4 Å². The topological polar surface area (TPSA) is 89.3 Å². The molecule has 1 amide bonds. The molecule has 5 rings (SSSR count). The third kappa shape index (κ3) is 2.58. The first-order chi connectivity index (χ1) is 13.5. The molecular formula is C19H17N5O3S. The summed E-state index contributed by atoms with van der Waals surface area (Å²) in [6.07, 6.45) is 3.01. The number of nitrogens with one attached hydrogen (secondary N) is 1. The average Bonchev–Trinajstić information content (AvgIpc) is 3.23. The molecule has 0 bridgehead atoms. The van der Waals surface area contributed by atoms with Crippen molar-refractivity contribution in [1.82, 2.24) is 19.5 Å². The van der Waals surface area contributed by atoms with Gasteiger partial charge in [-0.25, -0.2) is 13.9 Å². The van der Waals surface area contributed by atoms with E-state index in [0.29, 0.717) is 11.6 Å². The number of carbonyl (C=O) groups excluding carboxylic acids is 1. The lowest BCUT2D eigenvalue weighted by Gasteiger charge is -2.27. The SMILES string of the molecule is Cc1nc2c(cc1-c1ccc3c(cnn3C3=CC(=O)NS3=O)c1)OCCN2C. The van der Waals surface area contributed by atoms with Gasteiger partial charge in [0, 0.05) is 29.8 Å². The monoisotopic (exact) mass is 395 g/mol. The molecule has 0 saturated heterocycles. The van der Waals surface area contributed by atoms with Crippen LogP contribution >= 0.6 is 0 Å². The van der Waals surface area contributed by atoms with E-state index in [9.17, 15) is 9.00 Å². The first kappa shape index (κ1) is 16.9. The van der Waals surface area contributed by atoms with Crippen molar-refractivity contribution in [3.8, 4) is 16.9 Å². The van der Waals surface area contributed by atoms with E-state index in [-0.39, 0.29) is 5.91 Å². The van der Waals surface area contributed by atoms with Gasteiger partial charge in [-0.1, -0.05) is 6.07 Å². The van der Waals surface area contributed by atoms with Crippen LogP contribution in [0.5, 0.6) is 5.75 Å². The maximum atomic E-state index is 12.0. The number of aromatic nitrogens is 3. The zero-order chi connectivity index (χ0) is 19.4. The van der Waals surface area contributed by atoms with Crippen LogP contribution in [0.1, 0.15) is 5.69 Å². The number of anilines is 1. The normalized spacial score (nSPS) is 18.6. The standard InChI is InChI=1S/C19H17N5O3S/c1-11-14(8-16-19(21-11)23(2)5-6-27-16)12-3-4-15-13(7-12)10-20-24(15)18-9-17(25)22-28(18)26/h3-4,7-10H,5-6H2,1-2H3,(H,22,25). The number of benzene rings is 1. The number of pyridine rings is 1. The smallest absolute Gasteiger partial charge is 0.258 e. The van der Waals surface area contributed by atoms with Crippen LogP contribution in [0, 0.1) is 6.92 Å². The molecule has 2 aliphatic heterocycles. The molecule has 3 aromatic rings. The van der Waals surface area contributed by atoms with Gasteiger partial charge in [-0.05, 0) is 30.7 Å². The van der Waals surface area contributed by atoms with Gasteiger partial charge in [0.15, 0.2) is 27.6 Å². The molecule has 0 fully saturated rings. The maximum Gasteiger partial charge on any atom is 0.258 e. The van der Waals surface area contributed by atoms with Crippen molar-refractivity contribution in [3.05, 3.63) is 42.2 Å². The van der Waals surface area contributed by atoms with E-state index in [1.54, 1.807) is 6.20 Å². The molecule has 0 radical (unpaired) electrons. The fraction of sp³-hybridized carbons (Fsp3) is 0.211. The Kier molecular flexibility index (Phi) is 3.73. The van der Waals surface area contributed by atoms with Crippen molar-refractivity contribution in [2.24, 2.45) is 0 Å². The first-order valence-corrected chi connectivity index (χ1v) is 9.94. The van der Waals surface area contributed by atoms with Gasteiger partial charge in [-0.3, -0.25) is 9.52 Å². The van der Waals surface area contributed by atoms with Gasteiger partial charge in [-0.2, -0.15) is 5.10 Å². The summed E-state index contributed by atoms with van der Waals surface area (Å²) < 4.78 is 21.7. The van der Waals surface area contributed by atoms with Gasteiger partial charge < -0.3 is 9.64 Å². The van der Waals surface area contributed by atoms with Crippen LogP contribution in [-0.4, -0.2) is 45.1 Å². The lowest BCUT2D eigenvalue weighted by atomic mass is 10.0. The van der Waals surface area contributed by atoms with Crippen molar-refractivity contribution in [2.45, 2.75) is 6.92 Å². The molecule has 4 heterocycles. The van der Waals surface area contributed by atoms with Crippen LogP contribution in [-0.2, 0) is 15.8 Å². The first-order valence-electron chi connectivity index (χ1n) is 8.79. The lowest BCUT2D eigenvalue weighted by Crippen LogP contribution is -2.29. The van der Waals surface area contributed by atoms with E-state index in [4.69, 9.17) is 9.72 Å². The molecule has 0 spiro atoms. The second-order valence-electron chi connectivity index (χ2n) is 6.76. The molecule has 9 heteroatoms. The predicted octanol–water partition coefficient (Wildman–Crippen LogP) is 1.83. The van der Waals surface area contributed by atoms with Gasteiger partial charge in [0.2, 0.25) is 0 Å². The number of hydrogen-bond donors (Lipinski definition) is 1. The van der Waals surface area contributed by atoms with E-state index in [1.165, 1.54) is 10.8 Å². The minimum absolute atomic E-state index is 0.329. The van der Waals surface area contributed by atoms with E-state index in [2.05, 4.69) is 14.7 Å². The summed E-state index contributed by atoms with van der Waals surface area (Å²) in [4.78, 5) is 18.3. The van der Waals surface area contributed by atoms with E-state index < -0.39 is 11.0 Å². The fourth-order valence-electron chi connectivity index (χ4n) is 3.50. The zero-order valence-corrected chi connectivity index (χ0v) is 16.1. The highest BCUT2D eigenvalue weighted by molar-refractivity contribution is 7.93. The largest absolute Gasteiger partial charge is 0.488 e. The highest BCUT2D eigenvalue weighted by atomic mass is 32.2. The number of likely N-dealkylation sites (N-methyl/N-ethyl adjacent to an activating group) is 1. The Hall–Kier alpha value is -3.20. The van der Waals surface area contributed by atoms with Crippen LogP contribution in [0.4, 0.5) is 5.82 Å². The second-order valence-corrected chi connectivity index (χ2v) is 7.92. The Balaban J connectivity index is 1.59. The van der Waals surface area contributed by atoms with Crippen molar-refractivity contribution in [2.75, 3.05) is 25.1 Å². The Morgan fingerprint density at radius 1 is 1.29 bits per heavy atom. The maximum absolute atomic E-state index is 12.0. The summed E-state index contributed by atoms with van der Waals surface area (Å²) in [7, 11) is 0.414. The summed E-state index contributed by atoms with van der Waals surface area (Å²) in [5, 5.41) is 5.52. The van der Waals surface area contributed by atoms with Gasteiger partial charge in [0.05, 0.1) is 18.3 Å². The Morgan fingerprint density at radius 2 is 2.14 bits per heavy atom. The van der Waals surface area contributed by atoms with Gasteiger partial charge in [0.1, 0.15) is 6.61 Å². The van der Waals surface area contributed by atoms with Gasteiger partial charge in [0.25, 0.3) is 5.91 Å². The van der Waals surface area contributed by atoms with Crippen molar-refractivity contribution in [3.63, 3.8) is 0 Å². The number of fused-ring (bicyclic) bond motifs is 2. The molecule has 2 aromatic heterocycles. The molecule has 1 unspecified atom stereocenters. The molecule has 28 heavy (non-hydrogen) atoms. The van der Waals surface area contributed by atoms with Crippen LogP contribution in [0.15, 0.2) is 36.5 Å². The highest BCUT2D eigenvalue weighted by Crippen LogP contribution is 2.36. The van der Waals surface area contributed by atoms with Crippen LogP contribution in [0.3, 0.4) is 0 Å². The molecular weight excluding hydrogens is 378 g/mol. The zero-order valence-electron chi connectivity index (χ0n) is 15.3. The fourth-order valence-corrected chi connectivity index (χ4v) is 4.36. The van der Waals surface area contributed by atoms with E-state index in [0.717, 1.165) is 45.8 Å². The van der Waals surface area contributed by atoms with Crippen molar-refractivity contribution < 1.29 is 13.7 Å². The van der Waals surface area contributed by atoms with E-state index >= 15 is 0 Å². The number of aryl methyl sites for hydroxylation is 1. The lowest BCUT2D eigenvalue weighted by molar-refractivity contribution is -0.114. The second kappa shape index (κ2) is 6.16.